The van der Waals surface area contributed by atoms with E-state index in [2.05, 4.69) is 10.1 Å². The van der Waals surface area contributed by atoms with Crippen molar-refractivity contribution < 1.29 is 19.1 Å². The maximum absolute atomic E-state index is 12.4. The van der Waals surface area contributed by atoms with E-state index in [0.717, 1.165) is 18.4 Å². The van der Waals surface area contributed by atoms with Crippen molar-refractivity contribution >= 4 is 41.0 Å². The number of carbonyl (C=O) groups excluding carboxylic acids is 3. The number of methoxy groups -OCH3 is 1. The van der Waals surface area contributed by atoms with Crippen molar-refractivity contribution in [3.8, 4) is 0 Å². The highest BCUT2D eigenvalue weighted by Crippen LogP contribution is 2.24. The zero-order chi connectivity index (χ0) is 19.8. The molecule has 27 heavy (non-hydrogen) atoms. The number of esters is 1. The molecule has 1 aliphatic rings. The van der Waals surface area contributed by atoms with Gasteiger partial charge in [-0.15, -0.1) is 0 Å². The van der Waals surface area contributed by atoms with Crippen molar-refractivity contribution in [2.75, 3.05) is 26.7 Å². The average Bonchev–Trinajstić information content (AvgIpc) is 2.67. The van der Waals surface area contributed by atoms with E-state index in [1.165, 1.54) is 7.11 Å². The van der Waals surface area contributed by atoms with E-state index >= 15 is 0 Å². The first-order chi connectivity index (χ1) is 12.9. The van der Waals surface area contributed by atoms with Gasteiger partial charge in [0.1, 0.15) is 6.54 Å². The second kappa shape index (κ2) is 10.5. The number of halogens is 2. The van der Waals surface area contributed by atoms with Crippen LogP contribution in [0.3, 0.4) is 0 Å². The van der Waals surface area contributed by atoms with Crippen LogP contribution in [-0.4, -0.2) is 49.4 Å². The Morgan fingerprint density at radius 3 is 2.52 bits per heavy atom. The van der Waals surface area contributed by atoms with Gasteiger partial charge in [-0.05, 0) is 42.9 Å². The molecule has 1 N–H and O–H groups in total. The molecule has 0 spiro atoms. The van der Waals surface area contributed by atoms with E-state index < -0.39 is 5.97 Å². The molecule has 8 heteroatoms. The minimum atomic E-state index is -0.467. The summed E-state index contributed by atoms with van der Waals surface area (Å²) >= 11 is 11.9. The van der Waals surface area contributed by atoms with Gasteiger partial charge in [0, 0.05) is 25.9 Å². The van der Waals surface area contributed by atoms with Crippen molar-refractivity contribution in [3.05, 3.63) is 33.8 Å². The number of nitrogens with one attached hydrogen (secondary N) is 1. The fourth-order valence-electron chi connectivity index (χ4n) is 3.07. The Labute approximate surface area is 169 Å². The number of hydrogen-bond acceptors (Lipinski definition) is 4. The molecule has 2 rings (SSSR count). The first-order valence-corrected chi connectivity index (χ1v) is 9.70. The number of benzene rings is 1. The molecule has 1 heterocycles. The molecule has 0 atom stereocenters. The number of rotatable bonds is 7. The number of hydrogen-bond donors (Lipinski definition) is 1. The zero-order valence-electron chi connectivity index (χ0n) is 15.3. The van der Waals surface area contributed by atoms with Gasteiger partial charge in [0.25, 0.3) is 0 Å². The lowest BCUT2D eigenvalue weighted by atomic mass is 9.93. The highest BCUT2D eigenvalue weighted by molar-refractivity contribution is 6.42. The Hall–Kier alpha value is -1.79. The van der Waals surface area contributed by atoms with Crippen molar-refractivity contribution in [1.29, 1.82) is 0 Å². The second-order valence-electron chi connectivity index (χ2n) is 6.63. The summed E-state index contributed by atoms with van der Waals surface area (Å²) in [7, 11) is 1.28. The molecule has 0 aromatic heterocycles. The van der Waals surface area contributed by atoms with Crippen LogP contribution < -0.4 is 5.32 Å². The predicted molar refractivity (Wildman–Crippen MR) is 104 cm³/mol. The van der Waals surface area contributed by atoms with E-state index in [1.54, 1.807) is 12.1 Å². The number of ether oxygens (including phenoxy) is 1. The molecule has 0 aliphatic carbocycles. The maximum atomic E-state index is 12.4. The molecular formula is C19H24Cl2N2O4. The third kappa shape index (κ3) is 7.03. The van der Waals surface area contributed by atoms with Gasteiger partial charge in [0.05, 0.1) is 17.2 Å². The topological polar surface area (TPSA) is 75.7 Å². The summed E-state index contributed by atoms with van der Waals surface area (Å²) in [5.74, 6) is -0.299. The molecule has 148 valence electrons. The van der Waals surface area contributed by atoms with Gasteiger partial charge < -0.3 is 15.0 Å². The van der Waals surface area contributed by atoms with Gasteiger partial charge >= 0.3 is 5.97 Å². The van der Waals surface area contributed by atoms with Crippen LogP contribution in [-0.2, 0) is 25.5 Å². The summed E-state index contributed by atoms with van der Waals surface area (Å²) in [5.41, 5.74) is 0.981. The normalized spacial score (nSPS) is 14.7. The first-order valence-electron chi connectivity index (χ1n) is 8.94. The number of amides is 2. The van der Waals surface area contributed by atoms with Gasteiger partial charge in [-0.25, -0.2) is 0 Å². The molecule has 1 saturated heterocycles. The van der Waals surface area contributed by atoms with Crippen LogP contribution in [0.15, 0.2) is 18.2 Å². The Balaban J connectivity index is 1.69. The van der Waals surface area contributed by atoms with Gasteiger partial charge in [0.2, 0.25) is 11.8 Å². The minimum absolute atomic E-state index is 0.106. The summed E-state index contributed by atoms with van der Waals surface area (Å²) in [6.45, 7) is 1.19. The number of nitrogens with zero attached hydrogens (tertiary/aromatic N) is 1. The molecule has 0 bridgehead atoms. The molecule has 1 aliphatic heterocycles. The maximum Gasteiger partial charge on any atom is 0.325 e. The zero-order valence-corrected chi connectivity index (χ0v) is 16.8. The largest absolute Gasteiger partial charge is 0.468 e. The fourth-order valence-corrected chi connectivity index (χ4v) is 3.39. The Morgan fingerprint density at radius 1 is 1.19 bits per heavy atom. The van der Waals surface area contributed by atoms with E-state index in [9.17, 15) is 14.4 Å². The molecule has 0 unspecified atom stereocenters. The first kappa shape index (κ1) is 21.5. The summed E-state index contributed by atoms with van der Waals surface area (Å²) in [5, 5.41) is 3.54. The molecule has 0 radical (unpaired) electrons. The molecule has 2 amide bonds. The number of likely N-dealkylation sites (tertiary alicyclic amines) is 1. The van der Waals surface area contributed by atoms with E-state index in [1.807, 2.05) is 11.0 Å². The molecule has 1 aromatic carbocycles. The van der Waals surface area contributed by atoms with Crippen molar-refractivity contribution in [3.63, 3.8) is 0 Å². The van der Waals surface area contributed by atoms with Crippen LogP contribution in [0.1, 0.15) is 31.2 Å². The van der Waals surface area contributed by atoms with Crippen LogP contribution in [0.25, 0.3) is 0 Å². The second-order valence-corrected chi connectivity index (χ2v) is 7.44. The monoisotopic (exact) mass is 414 g/mol. The number of carbonyl (C=O) groups is 3. The summed E-state index contributed by atoms with van der Waals surface area (Å²) in [6, 6.07) is 5.40. The lowest BCUT2D eigenvalue weighted by Gasteiger charge is -2.32. The minimum Gasteiger partial charge on any atom is -0.468 e. The summed E-state index contributed by atoms with van der Waals surface area (Å²) in [6.07, 6.45) is 2.96. The van der Waals surface area contributed by atoms with Crippen LogP contribution in [0.4, 0.5) is 0 Å². The molecule has 1 fully saturated rings. The SMILES string of the molecule is COC(=O)CNC(=O)CC1CCN(C(=O)CCc2ccc(Cl)c(Cl)c2)CC1. The van der Waals surface area contributed by atoms with Gasteiger partial charge in [-0.3, -0.25) is 14.4 Å². The number of piperidine rings is 1. The van der Waals surface area contributed by atoms with Crippen LogP contribution >= 0.6 is 23.2 Å². The highest BCUT2D eigenvalue weighted by atomic mass is 35.5. The van der Waals surface area contributed by atoms with Crippen molar-refractivity contribution in [1.82, 2.24) is 10.2 Å². The van der Waals surface area contributed by atoms with E-state index in [-0.39, 0.29) is 24.3 Å². The van der Waals surface area contributed by atoms with Gasteiger partial charge in [-0.1, -0.05) is 29.3 Å². The van der Waals surface area contributed by atoms with Crippen molar-refractivity contribution in [2.45, 2.75) is 32.1 Å². The third-order valence-electron chi connectivity index (χ3n) is 4.71. The van der Waals surface area contributed by atoms with Gasteiger partial charge in [0.15, 0.2) is 0 Å². The lowest BCUT2D eigenvalue weighted by Crippen LogP contribution is -2.40. The molecule has 0 saturated carbocycles. The van der Waals surface area contributed by atoms with Gasteiger partial charge in [-0.2, -0.15) is 0 Å². The Morgan fingerprint density at radius 2 is 1.89 bits per heavy atom. The predicted octanol–water partition coefficient (Wildman–Crippen LogP) is 2.84. The Bertz CT molecular complexity index is 688. The smallest absolute Gasteiger partial charge is 0.325 e. The molecule has 1 aromatic rings. The number of aryl methyl sites for hydroxylation is 1. The molecular weight excluding hydrogens is 391 g/mol. The van der Waals surface area contributed by atoms with E-state index in [0.29, 0.717) is 42.4 Å². The fraction of sp³-hybridized carbons (Fsp3) is 0.526. The summed E-state index contributed by atoms with van der Waals surface area (Å²) < 4.78 is 4.49. The Kier molecular flexibility index (Phi) is 8.38. The van der Waals surface area contributed by atoms with Crippen LogP contribution in [0, 0.1) is 5.92 Å². The van der Waals surface area contributed by atoms with E-state index in [4.69, 9.17) is 23.2 Å². The lowest BCUT2D eigenvalue weighted by molar-refractivity contribution is -0.141. The molecule has 6 nitrogen and oxygen atoms in total. The third-order valence-corrected chi connectivity index (χ3v) is 5.45. The standard InChI is InChI=1S/C19H24Cl2N2O4/c1-27-19(26)12-22-17(24)11-14-6-8-23(9-7-14)18(25)5-3-13-2-4-15(20)16(21)10-13/h2,4,10,14H,3,5-9,11-12H2,1H3,(H,22,24). The summed E-state index contributed by atoms with van der Waals surface area (Å²) in [4.78, 5) is 37.1. The van der Waals surface area contributed by atoms with Crippen molar-refractivity contribution in [2.24, 2.45) is 5.92 Å². The quantitative estimate of drug-likeness (QED) is 0.695. The van der Waals surface area contributed by atoms with Crippen LogP contribution in [0.2, 0.25) is 10.0 Å². The van der Waals surface area contributed by atoms with Crippen LogP contribution in [0.5, 0.6) is 0 Å². The highest BCUT2D eigenvalue weighted by Gasteiger charge is 2.24. The average molecular weight is 415 g/mol.